The molecule has 0 radical (unpaired) electrons. The van der Waals surface area contributed by atoms with Gasteiger partial charge in [-0.2, -0.15) is 0 Å². The highest BCUT2D eigenvalue weighted by molar-refractivity contribution is 7.15. The highest BCUT2D eigenvalue weighted by atomic mass is 35.5. The van der Waals surface area contributed by atoms with Crippen molar-refractivity contribution >= 4 is 44.9 Å². The lowest BCUT2D eigenvalue weighted by molar-refractivity contribution is -0.115. The van der Waals surface area contributed by atoms with Crippen molar-refractivity contribution in [2.75, 3.05) is 12.4 Å². The smallest absolute Gasteiger partial charge is 0.340 e. The number of amides is 1. The van der Waals surface area contributed by atoms with E-state index < -0.39 is 5.63 Å². The average Bonchev–Trinajstić information content (AvgIpc) is 3.08. The molecule has 0 aliphatic rings. The van der Waals surface area contributed by atoms with Crippen LogP contribution in [-0.2, 0) is 16.6 Å². The third-order valence-corrected chi connectivity index (χ3v) is 5.77. The standard InChI is InChI=1S/C19H20ClN3O4S/c1-9-10-6-12(20)14(26-5)8-13(10)27-16(25)11(9)7-15(24)21-18-23-22-17(28-18)19(2,3)4/h6,8H,7H2,1-5H3,(H,21,23,24). The minimum Gasteiger partial charge on any atom is -0.495 e. The van der Waals surface area contributed by atoms with E-state index >= 15 is 0 Å². The van der Waals surface area contributed by atoms with Crippen LogP contribution in [0.3, 0.4) is 0 Å². The Hall–Kier alpha value is -2.45. The number of hydrogen-bond acceptors (Lipinski definition) is 7. The van der Waals surface area contributed by atoms with E-state index in [1.165, 1.54) is 18.4 Å². The average molecular weight is 422 g/mol. The number of aromatic nitrogens is 2. The van der Waals surface area contributed by atoms with E-state index in [-0.39, 0.29) is 23.3 Å². The molecule has 0 spiro atoms. The molecule has 1 amide bonds. The predicted octanol–water partition coefficient (Wildman–Crippen LogP) is 4.09. The summed E-state index contributed by atoms with van der Waals surface area (Å²) in [5.41, 5.74) is 0.533. The second-order valence-corrected chi connectivity index (χ2v) is 8.75. The van der Waals surface area contributed by atoms with Gasteiger partial charge in [0.1, 0.15) is 16.3 Å². The summed E-state index contributed by atoms with van der Waals surface area (Å²) in [6.45, 7) is 7.81. The maximum atomic E-state index is 12.4. The Labute approximate surface area is 170 Å². The van der Waals surface area contributed by atoms with Crippen molar-refractivity contribution in [1.82, 2.24) is 10.2 Å². The zero-order valence-corrected chi connectivity index (χ0v) is 17.7. The number of ether oxygens (including phenoxy) is 1. The number of nitrogens with one attached hydrogen (secondary N) is 1. The molecule has 0 fully saturated rings. The lowest BCUT2D eigenvalue weighted by Crippen LogP contribution is -2.20. The molecular formula is C19H20ClN3O4S. The first-order chi connectivity index (χ1) is 13.1. The number of anilines is 1. The van der Waals surface area contributed by atoms with Crippen molar-refractivity contribution in [2.45, 2.75) is 39.5 Å². The minimum absolute atomic E-state index is 0.141. The van der Waals surface area contributed by atoms with E-state index in [4.69, 9.17) is 20.8 Å². The Morgan fingerprint density at radius 2 is 2.04 bits per heavy atom. The SMILES string of the molecule is COc1cc2oc(=O)c(CC(=O)Nc3nnc(C(C)(C)C)s3)c(C)c2cc1Cl. The molecule has 3 rings (SSSR count). The highest BCUT2D eigenvalue weighted by Gasteiger charge is 2.21. The Bertz CT molecular complexity index is 1110. The van der Waals surface area contributed by atoms with Crippen LogP contribution in [0.2, 0.25) is 5.02 Å². The van der Waals surface area contributed by atoms with E-state index in [1.807, 2.05) is 20.8 Å². The second-order valence-electron chi connectivity index (χ2n) is 7.36. The number of methoxy groups -OCH3 is 1. The van der Waals surface area contributed by atoms with Gasteiger partial charge in [-0.05, 0) is 18.6 Å². The van der Waals surface area contributed by atoms with Gasteiger partial charge in [-0.3, -0.25) is 4.79 Å². The summed E-state index contributed by atoms with van der Waals surface area (Å²) in [5.74, 6) is 0.0408. The lowest BCUT2D eigenvalue weighted by atomic mass is 9.98. The minimum atomic E-state index is -0.572. The third kappa shape index (κ3) is 4.02. The van der Waals surface area contributed by atoms with Crippen molar-refractivity contribution in [3.63, 3.8) is 0 Å². The molecule has 0 saturated heterocycles. The van der Waals surface area contributed by atoms with Crippen LogP contribution < -0.4 is 15.7 Å². The number of benzene rings is 1. The fraction of sp³-hybridized carbons (Fsp3) is 0.368. The molecule has 2 heterocycles. The number of nitrogens with zero attached hydrogens (tertiary/aromatic N) is 2. The van der Waals surface area contributed by atoms with Gasteiger partial charge in [0.25, 0.3) is 0 Å². The molecule has 2 aromatic heterocycles. The molecular weight excluding hydrogens is 402 g/mol. The predicted molar refractivity (Wildman–Crippen MR) is 110 cm³/mol. The van der Waals surface area contributed by atoms with Crippen LogP contribution >= 0.6 is 22.9 Å². The van der Waals surface area contributed by atoms with Crippen LogP contribution in [0.15, 0.2) is 21.3 Å². The summed E-state index contributed by atoms with van der Waals surface area (Å²) in [7, 11) is 1.48. The second kappa shape index (κ2) is 7.52. The van der Waals surface area contributed by atoms with Crippen molar-refractivity contribution in [3.8, 4) is 5.75 Å². The summed E-state index contributed by atoms with van der Waals surface area (Å²) in [5, 5.41) is 13.0. The molecule has 0 saturated carbocycles. The number of carbonyl (C=O) groups is 1. The van der Waals surface area contributed by atoms with Gasteiger partial charge in [-0.25, -0.2) is 4.79 Å². The topological polar surface area (TPSA) is 94.3 Å². The van der Waals surface area contributed by atoms with Crippen molar-refractivity contribution < 1.29 is 13.9 Å². The van der Waals surface area contributed by atoms with Crippen molar-refractivity contribution in [3.05, 3.63) is 43.7 Å². The van der Waals surface area contributed by atoms with E-state index in [0.29, 0.717) is 32.4 Å². The summed E-state index contributed by atoms with van der Waals surface area (Å²) in [4.78, 5) is 24.9. The van der Waals surface area contributed by atoms with E-state index in [9.17, 15) is 9.59 Å². The third-order valence-electron chi connectivity index (χ3n) is 4.21. The maximum Gasteiger partial charge on any atom is 0.340 e. The maximum absolute atomic E-state index is 12.4. The van der Waals surface area contributed by atoms with Crippen LogP contribution in [0.1, 0.15) is 36.9 Å². The molecule has 9 heteroatoms. The number of rotatable bonds is 4. The molecule has 0 aliphatic heterocycles. The first kappa shape index (κ1) is 20.3. The van der Waals surface area contributed by atoms with Gasteiger partial charge in [-0.15, -0.1) is 10.2 Å². The fourth-order valence-electron chi connectivity index (χ4n) is 2.65. The van der Waals surface area contributed by atoms with Gasteiger partial charge in [0.2, 0.25) is 11.0 Å². The zero-order chi connectivity index (χ0) is 20.6. The van der Waals surface area contributed by atoms with Gasteiger partial charge in [0.05, 0.1) is 24.1 Å². The molecule has 1 aromatic carbocycles. The van der Waals surface area contributed by atoms with Crippen LogP contribution in [0.25, 0.3) is 11.0 Å². The summed E-state index contributed by atoms with van der Waals surface area (Å²) in [6.07, 6.45) is -0.141. The van der Waals surface area contributed by atoms with E-state index in [0.717, 1.165) is 5.01 Å². The Morgan fingerprint density at radius 1 is 1.32 bits per heavy atom. The van der Waals surface area contributed by atoms with Crippen LogP contribution in [0.5, 0.6) is 5.75 Å². The first-order valence-corrected chi connectivity index (χ1v) is 9.73. The highest BCUT2D eigenvalue weighted by Crippen LogP contribution is 2.32. The first-order valence-electron chi connectivity index (χ1n) is 8.54. The zero-order valence-electron chi connectivity index (χ0n) is 16.2. The molecule has 148 valence electrons. The Balaban J connectivity index is 1.88. The molecule has 7 nitrogen and oxygen atoms in total. The van der Waals surface area contributed by atoms with Gasteiger partial charge in [0, 0.05) is 16.9 Å². The van der Waals surface area contributed by atoms with Gasteiger partial charge in [0.15, 0.2) is 0 Å². The summed E-state index contributed by atoms with van der Waals surface area (Å²) >= 11 is 7.49. The van der Waals surface area contributed by atoms with Crippen LogP contribution in [-0.4, -0.2) is 23.2 Å². The molecule has 3 aromatic rings. The van der Waals surface area contributed by atoms with Gasteiger partial charge >= 0.3 is 5.63 Å². The lowest BCUT2D eigenvalue weighted by Gasteiger charge is -2.12. The number of carbonyl (C=O) groups excluding carboxylic acids is 1. The van der Waals surface area contributed by atoms with Crippen LogP contribution in [0, 0.1) is 6.92 Å². The summed E-state index contributed by atoms with van der Waals surface area (Å²) < 4.78 is 10.5. The Kier molecular flexibility index (Phi) is 5.45. The largest absolute Gasteiger partial charge is 0.495 e. The quantitative estimate of drug-likeness (QED) is 0.637. The van der Waals surface area contributed by atoms with Crippen LogP contribution in [0.4, 0.5) is 5.13 Å². The van der Waals surface area contributed by atoms with Crippen molar-refractivity contribution in [1.29, 1.82) is 0 Å². The van der Waals surface area contributed by atoms with E-state index in [1.54, 1.807) is 19.1 Å². The normalized spacial score (nSPS) is 11.6. The number of fused-ring (bicyclic) bond motifs is 1. The number of halogens is 1. The van der Waals surface area contributed by atoms with E-state index in [2.05, 4.69) is 15.5 Å². The molecule has 1 N–H and O–H groups in total. The van der Waals surface area contributed by atoms with Gasteiger partial charge < -0.3 is 14.5 Å². The van der Waals surface area contributed by atoms with Gasteiger partial charge in [-0.1, -0.05) is 43.7 Å². The summed E-state index contributed by atoms with van der Waals surface area (Å²) in [6, 6.07) is 3.22. The molecule has 0 bridgehead atoms. The van der Waals surface area contributed by atoms with Crippen molar-refractivity contribution in [2.24, 2.45) is 0 Å². The number of hydrogen-bond donors (Lipinski definition) is 1. The Morgan fingerprint density at radius 3 is 2.64 bits per heavy atom. The molecule has 0 aliphatic carbocycles. The number of aryl methyl sites for hydroxylation is 1. The monoisotopic (exact) mass is 421 g/mol. The molecule has 0 atom stereocenters. The molecule has 0 unspecified atom stereocenters. The fourth-order valence-corrected chi connectivity index (χ4v) is 3.71. The molecule has 28 heavy (non-hydrogen) atoms.